The molecule has 11 nitrogen and oxygen atoms in total. The van der Waals surface area contributed by atoms with Crippen molar-refractivity contribution in [3.63, 3.8) is 0 Å². The van der Waals surface area contributed by atoms with Gasteiger partial charge in [-0.1, -0.05) is 45.1 Å². The Hall–Kier alpha value is -2.28. The standard InChI is InChI=1S/C34H56N2O9/c1-8-26(38)24(4)31-27(43-31)21-33(5,41)14-9-10-22(2)30-23(3)11-12-28(44-32(40)36-18-16-35(7)17-19-36)34(6,42)15-13-25(37)20-29(39)45-30/h9-12,14,23-28,30-31,37-38,41-42H,8,13,15-21H2,1-7H3/b12-11+,14-9+,22-10+/t23-,24?,25+,26?,27+,28-,30+,31+,33?,34+/m0/s1. The number of aliphatic hydroxyl groups excluding tert-OH is 2. The van der Waals surface area contributed by atoms with Crippen molar-refractivity contribution in [1.29, 1.82) is 0 Å². The van der Waals surface area contributed by atoms with E-state index in [0.717, 1.165) is 13.1 Å². The zero-order valence-electron chi connectivity index (χ0n) is 28.1. The van der Waals surface area contributed by atoms with Gasteiger partial charge in [0, 0.05) is 44.4 Å². The molecule has 3 rings (SSSR count). The SMILES string of the molecule is CCC(O)C(C)[C@H]1O[C@@H]1CC(C)(O)/C=C/C=C(\C)[C@H]1OC(=O)C[C@H](O)CC[C@@](C)(O)[C@@H](OC(=O)N2CCN(C)CC2)/C=C/[C@@H]1C. The van der Waals surface area contributed by atoms with Gasteiger partial charge in [-0.25, -0.2) is 4.79 Å². The van der Waals surface area contributed by atoms with Gasteiger partial charge in [0.25, 0.3) is 0 Å². The quantitative estimate of drug-likeness (QED) is 0.129. The summed E-state index contributed by atoms with van der Waals surface area (Å²) >= 11 is 0. The number of piperazine rings is 1. The number of rotatable bonds is 9. The lowest BCUT2D eigenvalue weighted by molar-refractivity contribution is -0.151. The number of epoxide rings is 1. The minimum absolute atomic E-state index is 0.00985. The molecule has 0 saturated carbocycles. The summed E-state index contributed by atoms with van der Waals surface area (Å²) in [5.74, 6) is -0.942. The molecule has 10 atom stereocenters. The summed E-state index contributed by atoms with van der Waals surface area (Å²) in [6.07, 6.45) is 5.71. The van der Waals surface area contributed by atoms with Crippen molar-refractivity contribution in [3.05, 3.63) is 36.0 Å². The van der Waals surface area contributed by atoms with E-state index in [1.807, 2.05) is 34.7 Å². The van der Waals surface area contributed by atoms with Crippen LogP contribution in [0.5, 0.6) is 0 Å². The van der Waals surface area contributed by atoms with Gasteiger partial charge < -0.3 is 44.4 Å². The predicted molar refractivity (Wildman–Crippen MR) is 170 cm³/mol. The molecule has 3 aliphatic rings. The molecule has 4 N–H and O–H groups in total. The normalized spacial score (nSPS) is 35.8. The molecule has 11 heteroatoms. The van der Waals surface area contributed by atoms with Gasteiger partial charge in [-0.3, -0.25) is 4.79 Å². The van der Waals surface area contributed by atoms with Crippen molar-refractivity contribution in [3.8, 4) is 0 Å². The highest BCUT2D eigenvalue weighted by atomic mass is 16.6. The fourth-order valence-electron chi connectivity index (χ4n) is 5.97. The number of cyclic esters (lactones) is 1. The molecule has 0 aromatic rings. The molecule has 3 unspecified atom stereocenters. The van der Waals surface area contributed by atoms with Crippen molar-refractivity contribution in [2.45, 2.75) is 121 Å². The molecule has 0 aromatic carbocycles. The lowest BCUT2D eigenvalue weighted by Gasteiger charge is -2.36. The van der Waals surface area contributed by atoms with Crippen molar-refractivity contribution >= 4 is 12.1 Å². The molecule has 0 aromatic heterocycles. The third kappa shape index (κ3) is 11.2. The third-order valence-corrected chi connectivity index (χ3v) is 9.36. The summed E-state index contributed by atoms with van der Waals surface area (Å²) in [4.78, 5) is 29.6. The summed E-state index contributed by atoms with van der Waals surface area (Å²) in [6, 6.07) is 0. The molecule has 0 radical (unpaired) electrons. The van der Waals surface area contributed by atoms with Crippen LogP contribution in [0.3, 0.4) is 0 Å². The number of allylic oxidation sites excluding steroid dienone is 2. The van der Waals surface area contributed by atoms with E-state index in [1.54, 1.807) is 49.1 Å². The first-order valence-corrected chi connectivity index (χ1v) is 16.4. The summed E-state index contributed by atoms with van der Waals surface area (Å²) in [5, 5.41) is 43.0. The summed E-state index contributed by atoms with van der Waals surface area (Å²) in [6.45, 7) is 13.3. The van der Waals surface area contributed by atoms with Gasteiger partial charge in [-0.2, -0.15) is 0 Å². The zero-order chi connectivity index (χ0) is 33.5. The first kappa shape index (κ1) is 37.2. The molecule has 45 heavy (non-hydrogen) atoms. The number of carbonyl (C=O) groups is 2. The number of hydrogen-bond donors (Lipinski definition) is 4. The second-order valence-electron chi connectivity index (χ2n) is 13.8. The second-order valence-corrected chi connectivity index (χ2v) is 13.8. The molecule has 2 saturated heterocycles. The Balaban J connectivity index is 1.74. The largest absolute Gasteiger partial charge is 0.457 e. The Labute approximate surface area is 268 Å². The first-order chi connectivity index (χ1) is 21.0. The molecule has 0 aliphatic carbocycles. The minimum Gasteiger partial charge on any atom is -0.457 e. The molecule has 3 heterocycles. The van der Waals surface area contributed by atoms with E-state index < -0.39 is 47.7 Å². The van der Waals surface area contributed by atoms with Crippen LogP contribution in [0.1, 0.15) is 73.6 Å². The lowest BCUT2D eigenvalue weighted by atomic mass is 9.88. The van der Waals surface area contributed by atoms with Crippen molar-refractivity contribution in [2.75, 3.05) is 33.2 Å². The van der Waals surface area contributed by atoms with Crippen LogP contribution in [0.25, 0.3) is 0 Å². The highest BCUT2D eigenvalue weighted by Crippen LogP contribution is 2.37. The van der Waals surface area contributed by atoms with Crippen LogP contribution in [0, 0.1) is 11.8 Å². The zero-order valence-corrected chi connectivity index (χ0v) is 28.1. The van der Waals surface area contributed by atoms with Crippen LogP contribution in [-0.2, 0) is 19.0 Å². The Morgan fingerprint density at radius 1 is 1.27 bits per heavy atom. The van der Waals surface area contributed by atoms with Gasteiger partial charge >= 0.3 is 12.1 Å². The fraction of sp³-hybridized carbons (Fsp3) is 0.765. The lowest BCUT2D eigenvalue weighted by Crippen LogP contribution is -2.50. The summed E-state index contributed by atoms with van der Waals surface area (Å²) in [5.41, 5.74) is -1.93. The molecule has 2 fully saturated rings. The van der Waals surface area contributed by atoms with E-state index in [9.17, 15) is 30.0 Å². The Bertz CT molecular complexity index is 1080. The topological polar surface area (TPSA) is 153 Å². The maximum atomic E-state index is 13.0. The number of ether oxygens (including phenoxy) is 3. The predicted octanol–water partition coefficient (Wildman–Crippen LogP) is 2.96. The van der Waals surface area contributed by atoms with E-state index in [2.05, 4.69) is 4.90 Å². The fourth-order valence-corrected chi connectivity index (χ4v) is 5.97. The van der Waals surface area contributed by atoms with E-state index in [4.69, 9.17) is 14.2 Å². The maximum absolute atomic E-state index is 13.0. The van der Waals surface area contributed by atoms with Crippen molar-refractivity contribution in [2.24, 2.45) is 11.8 Å². The molecule has 0 spiro atoms. The van der Waals surface area contributed by atoms with Gasteiger partial charge in [0.05, 0.1) is 36.4 Å². The Morgan fingerprint density at radius 3 is 2.58 bits per heavy atom. The molecule has 0 bridgehead atoms. The number of hydrogen-bond acceptors (Lipinski definition) is 10. The first-order valence-electron chi connectivity index (χ1n) is 16.4. The summed E-state index contributed by atoms with van der Waals surface area (Å²) in [7, 11) is 1.99. The molecular formula is C34H56N2O9. The molecular weight excluding hydrogens is 580 g/mol. The smallest absolute Gasteiger partial charge is 0.410 e. The number of likely N-dealkylation sites (N-methyl/N-ethyl adjacent to an activating group) is 1. The number of aliphatic hydroxyl groups is 4. The van der Waals surface area contributed by atoms with E-state index >= 15 is 0 Å². The van der Waals surface area contributed by atoms with Crippen LogP contribution in [-0.4, -0.2) is 123 Å². The Morgan fingerprint density at radius 2 is 1.93 bits per heavy atom. The highest BCUT2D eigenvalue weighted by molar-refractivity contribution is 5.70. The number of nitrogens with zero attached hydrogens (tertiary/aromatic N) is 2. The van der Waals surface area contributed by atoms with E-state index in [1.165, 1.54) is 0 Å². The van der Waals surface area contributed by atoms with Crippen LogP contribution in [0.2, 0.25) is 0 Å². The highest BCUT2D eigenvalue weighted by Gasteiger charge is 2.47. The Kier molecular flexibility index (Phi) is 13.2. The van der Waals surface area contributed by atoms with Crippen LogP contribution < -0.4 is 0 Å². The van der Waals surface area contributed by atoms with Gasteiger partial charge in [0.1, 0.15) is 11.7 Å². The average Bonchev–Trinajstić information content (AvgIpc) is 3.73. The van der Waals surface area contributed by atoms with Gasteiger partial charge in [-0.15, -0.1) is 0 Å². The number of esters is 1. The average molecular weight is 637 g/mol. The van der Waals surface area contributed by atoms with Crippen LogP contribution in [0.15, 0.2) is 36.0 Å². The molecule has 256 valence electrons. The second kappa shape index (κ2) is 16.0. The number of carbonyl (C=O) groups excluding carboxylic acids is 2. The third-order valence-electron chi connectivity index (χ3n) is 9.36. The maximum Gasteiger partial charge on any atom is 0.410 e. The van der Waals surface area contributed by atoms with Crippen LogP contribution in [0.4, 0.5) is 4.79 Å². The van der Waals surface area contributed by atoms with Crippen molar-refractivity contribution < 1.29 is 44.2 Å². The van der Waals surface area contributed by atoms with Gasteiger partial charge in [-0.05, 0) is 58.7 Å². The molecule has 1 amide bonds. The minimum atomic E-state index is -1.48. The van der Waals surface area contributed by atoms with Gasteiger partial charge in [0.2, 0.25) is 0 Å². The van der Waals surface area contributed by atoms with E-state index in [0.29, 0.717) is 31.5 Å². The van der Waals surface area contributed by atoms with Gasteiger partial charge in [0.15, 0.2) is 6.10 Å². The number of amides is 1. The summed E-state index contributed by atoms with van der Waals surface area (Å²) < 4.78 is 17.4. The van der Waals surface area contributed by atoms with Crippen LogP contribution >= 0.6 is 0 Å². The monoisotopic (exact) mass is 636 g/mol. The van der Waals surface area contributed by atoms with E-state index in [-0.39, 0.29) is 43.3 Å². The molecule has 3 aliphatic heterocycles. The van der Waals surface area contributed by atoms with Crippen molar-refractivity contribution in [1.82, 2.24) is 9.80 Å².